The predicted molar refractivity (Wildman–Crippen MR) is 57.5 cm³/mol. The summed E-state index contributed by atoms with van der Waals surface area (Å²) in [6, 6.07) is 8.92. The van der Waals surface area contributed by atoms with Crippen LogP contribution < -0.4 is 5.73 Å². The second-order valence-electron chi connectivity index (χ2n) is 3.42. The lowest BCUT2D eigenvalue weighted by molar-refractivity contribution is 1.13. The number of aryl methyl sites for hydroxylation is 1. The van der Waals surface area contributed by atoms with Gasteiger partial charge in [-0.15, -0.1) is 0 Å². The average Bonchev–Trinajstić information content (AvgIpc) is 2.90. The largest absolute Gasteiger partial charge is 0.405 e. The van der Waals surface area contributed by atoms with Crippen molar-refractivity contribution >= 4 is 0 Å². The minimum absolute atomic E-state index is 0.903. The van der Waals surface area contributed by atoms with E-state index in [1.165, 1.54) is 30.2 Å². The van der Waals surface area contributed by atoms with Gasteiger partial charge < -0.3 is 5.73 Å². The van der Waals surface area contributed by atoms with Gasteiger partial charge in [0.15, 0.2) is 0 Å². The Balaban J connectivity index is 0.000000251. The molecular formula is C12H17N. The van der Waals surface area contributed by atoms with E-state index in [0.717, 1.165) is 5.92 Å². The molecule has 0 unspecified atom stereocenters. The normalized spacial score (nSPS) is 14.2. The average molecular weight is 175 g/mol. The van der Waals surface area contributed by atoms with Gasteiger partial charge >= 0.3 is 0 Å². The van der Waals surface area contributed by atoms with Gasteiger partial charge in [-0.3, -0.25) is 0 Å². The van der Waals surface area contributed by atoms with Gasteiger partial charge in [-0.05, 0) is 37.4 Å². The van der Waals surface area contributed by atoms with Crippen LogP contribution in [0, 0.1) is 6.92 Å². The molecule has 0 heterocycles. The van der Waals surface area contributed by atoms with Crippen molar-refractivity contribution < 1.29 is 0 Å². The van der Waals surface area contributed by atoms with Gasteiger partial charge in [0.05, 0.1) is 0 Å². The van der Waals surface area contributed by atoms with Crippen LogP contribution in [0.2, 0.25) is 0 Å². The smallest absolute Gasteiger partial charge is 0.0136 e. The second-order valence-corrected chi connectivity index (χ2v) is 3.42. The third-order valence-electron chi connectivity index (χ3n) is 2.13. The highest BCUT2D eigenvalue weighted by Crippen LogP contribution is 2.39. The zero-order valence-corrected chi connectivity index (χ0v) is 8.16. The Morgan fingerprint density at radius 3 is 2.15 bits per heavy atom. The van der Waals surface area contributed by atoms with Crippen LogP contribution in [0.25, 0.3) is 0 Å². The summed E-state index contributed by atoms with van der Waals surface area (Å²) in [6.07, 6.45) is 4.06. The van der Waals surface area contributed by atoms with E-state index in [2.05, 4.69) is 43.5 Å². The summed E-state index contributed by atoms with van der Waals surface area (Å²) < 4.78 is 0. The Labute approximate surface area is 80.3 Å². The molecule has 2 N–H and O–H groups in total. The summed E-state index contributed by atoms with van der Waals surface area (Å²) in [6.45, 7) is 5.27. The summed E-state index contributed by atoms with van der Waals surface area (Å²) >= 11 is 0. The highest BCUT2D eigenvalue weighted by molar-refractivity contribution is 5.27. The van der Waals surface area contributed by atoms with Crippen molar-refractivity contribution in [2.45, 2.75) is 25.7 Å². The van der Waals surface area contributed by atoms with Crippen molar-refractivity contribution in [3.05, 3.63) is 48.2 Å². The monoisotopic (exact) mass is 175 g/mol. The molecule has 2 rings (SSSR count). The van der Waals surface area contributed by atoms with E-state index in [9.17, 15) is 0 Å². The molecule has 1 saturated carbocycles. The molecule has 1 aliphatic rings. The summed E-state index contributed by atoms with van der Waals surface area (Å²) in [5.74, 6) is 0.903. The minimum atomic E-state index is 0.903. The van der Waals surface area contributed by atoms with E-state index in [1.54, 1.807) is 0 Å². The molecule has 70 valence electrons. The van der Waals surface area contributed by atoms with E-state index in [-0.39, 0.29) is 0 Å². The molecular weight excluding hydrogens is 158 g/mol. The molecule has 13 heavy (non-hydrogen) atoms. The molecule has 0 amide bonds. The van der Waals surface area contributed by atoms with E-state index in [1.807, 2.05) is 0 Å². The van der Waals surface area contributed by atoms with E-state index in [0.29, 0.717) is 0 Å². The molecule has 1 aromatic carbocycles. The number of rotatable bonds is 1. The van der Waals surface area contributed by atoms with Crippen molar-refractivity contribution in [1.29, 1.82) is 0 Å². The molecule has 0 spiro atoms. The van der Waals surface area contributed by atoms with Crippen LogP contribution in [0.5, 0.6) is 0 Å². The van der Waals surface area contributed by atoms with Gasteiger partial charge in [0.25, 0.3) is 0 Å². The maximum atomic E-state index is 4.61. The number of hydrogen-bond donors (Lipinski definition) is 1. The van der Waals surface area contributed by atoms with E-state index >= 15 is 0 Å². The summed E-state index contributed by atoms with van der Waals surface area (Å²) in [4.78, 5) is 0. The number of nitrogens with two attached hydrogens (primary N) is 1. The third-order valence-corrected chi connectivity index (χ3v) is 2.13. The van der Waals surface area contributed by atoms with Gasteiger partial charge in [0, 0.05) is 0 Å². The van der Waals surface area contributed by atoms with Crippen LogP contribution in [-0.4, -0.2) is 0 Å². The van der Waals surface area contributed by atoms with Crippen LogP contribution in [0.1, 0.15) is 29.9 Å². The molecule has 1 aliphatic carbocycles. The first-order valence-electron chi connectivity index (χ1n) is 4.67. The van der Waals surface area contributed by atoms with Crippen molar-refractivity contribution in [3.63, 3.8) is 0 Å². The van der Waals surface area contributed by atoms with Crippen LogP contribution >= 0.6 is 0 Å². The Morgan fingerprint density at radius 1 is 1.31 bits per heavy atom. The van der Waals surface area contributed by atoms with Gasteiger partial charge in [-0.2, -0.15) is 0 Å². The standard InChI is InChI=1S/C10H12.C2H5N/c1-8-2-4-9(5-3-8)10-6-7-10;1-2-3/h2-5,10H,6-7H2,1H3;2H,1,3H2. The number of hydrogen-bond acceptors (Lipinski definition) is 1. The van der Waals surface area contributed by atoms with Crippen LogP contribution in [0.4, 0.5) is 0 Å². The molecule has 1 aromatic rings. The lowest BCUT2D eigenvalue weighted by Gasteiger charge is -1.96. The van der Waals surface area contributed by atoms with Gasteiger partial charge in [-0.25, -0.2) is 0 Å². The first kappa shape index (κ1) is 9.85. The predicted octanol–water partition coefficient (Wildman–Crippen LogP) is 2.96. The van der Waals surface area contributed by atoms with Crippen LogP contribution in [-0.2, 0) is 0 Å². The lowest BCUT2D eigenvalue weighted by atomic mass is 10.1. The van der Waals surface area contributed by atoms with E-state index < -0.39 is 0 Å². The van der Waals surface area contributed by atoms with Crippen LogP contribution in [0.3, 0.4) is 0 Å². The highest BCUT2D eigenvalue weighted by Gasteiger charge is 2.22. The SMILES string of the molecule is C=CN.Cc1ccc(C2CC2)cc1. The first-order valence-corrected chi connectivity index (χ1v) is 4.67. The highest BCUT2D eigenvalue weighted by atomic mass is 14.5. The topological polar surface area (TPSA) is 26.0 Å². The van der Waals surface area contributed by atoms with Gasteiger partial charge in [0.1, 0.15) is 0 Å². The molecule has 1 heteroatoms. The van der Waals surface area contributed by atoms with Crippen molar-refractivity contribution in [2.24, 2.45) is 5.73 Å². The third kappa shape index (κ3) is 3.32. The van der Waals surface area contributed by atoms with Crippen molar-refractivity contribution in [1.82, 2.24) is 0 Å². The molecule has 0 atom stereocenters. The Kier molecular flexibility index (Phi) is 3.56. The molecule has 0 bridgehead atoms. The molecule has 1 fully saturated rings. The molecule has 0 aromatic heterocycles. The first-order chi connectivity index (χ1) is 6.27. The minimum Gasteiger partial charge on any atom is -0.405 e. The van der Waals surface area contributed by atoms with E-state index in [4.69, 9.17) is 0 Å². The second kappa shape index (κ2) is 4.70. The van der Waals surface area contributed by atoms with Crippen LogP contribution in [0.15, 0.2) is 37.0 Å². The number of benzene rings is 1. The molecule has 1 nitrogen and oxygen atoms in total. The summed E-state index contributed by atoms with van der Waals surface area (Å²) in [7, 11) is 0. The Bertz CT molecular complexity index is 257. The van der Waals surface area contributed by atoms with Crippen molar-refractivity contribution in [3.8, 4) is 0 Å². The fourth-order valence-electron chi connectivity index (χ4n) is 1.26. The quantitative estimate of drug-likeness (QED) is 0.697. The summed E-state index contributed by atoms with van der Waals surface area (Å²) in [5, 5.41) is 0. The maximum absolute atomic E-state index is 4.61. The zero-order valence-electron chi connectivity index (χ0n) is 8.16. The Morgan fingerprint density at radius 2 is 1.77 bits per heavy atom. The zero-order chi connectivity index (χ0) is 9.68. The van der Waals surface area contributed by atoms with Crippen molar-refractivity contribution in [2.75, 3.05) is 0 Å². The molecule has 0 saturated heterocycles. The molecule has 0 radical (unpaired) electrons. The molecule has 0 aliphatic heterocycles. The maximum Gasteiger partial charge on any atom is -0.0136 e. The summed E-state index contributed by atoms with van der Waals surface area (Å²) in [5.41, 5.74) is 7.51. The fourth-order valence-corrected chi connectivity index (χ4v) is 1.26. The fraction of sp³-hybridized carbons (Fsp3) is 0.333. The Hall–Kier alpha value is -1.24. The van der Waals surface area contributed by atoms with Gasteiger partial charge in [0.2, 0.25) is 0 Å². The lowest BCUT2D eigenvalue weighted by Crippen LogP contribution is -1.77. The van der Waals surface area contributed by atoms with Gasteiger partial charge in [-0.1, -0.05) is 36.4 Å².